The summed E-state index contributed by atoms with van der Waals surface area (Å²) in [6.45, 7) is 13.4. The number of nitrogens with two attached hydrogens (primary N) is 1. The molecular weight excluding hydrogens is 630 g/mol. The summed E-state index contributed by atoms with van der Waals surface area (Å²) in [6, 6.07) is 9.08. The monoisotopic (exact) mass is 673 g/mol. The topological polar surface area (TPSA) is 144 Å². The minimum Gasteiger partial charge on any atom is -1.00 e. The highest BCUT2D eigenvalue weighted by Crippen LogP contribution is 2.48. The zero-order valence-corrected chi connectivity index (χ0v) is 28.1. The van der Waals surface area contributed by atoms with E-state index in [0.717, 1.165) is 52.3 Å². The minimum absolute atomic E-state index is 0. The van der Waals surface area contributed by atoms with Crippen molar-refractivity contribution in [2.75, 3.05) is 65.4 Å². The zero-order chi connectivity index (χ0) is 31.9. The molecule has 0 radical (unpaired) electrons. The lowest BCUT2D eigenvalue weighted by atomic mass is 9.78. The van der Waals surface area contributed by atoms with Gasteiger partial charge in [-0.15, -0.1) is 0 Å². The number of aliphatic hydroxyl groups is 1. The molecule has 46 heavy (non-hydrogen) atoms. The van der Waals surface area contributed by atoms with Gasteiger partial charge < -0.3 is 47.0 Å². The fourth-order valence-electron chi connectivity index (χ4n) is 9.06. The van der Waals surface area contributed by atoms with Crippen LogP contribution in [0.5, 0.6) is 0 Å². The van der Waals surface area contributed by atoms with Crippen LogP contribution >= 0.6 is 0 Å². The summed E-state index contributed by atoms with van der Waals surface area (Å²) in [6.07, 6.45) is 1.02. The van der Waals surface area contributed by atoms with E-state index >= 15 is 0 Å². The Morgan fingerprint density at radius 2 is 1.74 bits per heavy atom. The first-order chi connectivity index (χ1) is 21.4. The van der Waals surface area contributed by atoms with Gasteiger partial charge in [-0.25, -0.2) is 8.42 Å². The van der Waals surface area contributed by atoms with Crippen LogP contribution in [0.15, 0.2) is 46.5 Å². The van der Waals surface area contributed by atoms with Crippen LogP contribution in [0.25, 0.3) is 10.8 Å². The lowest BCUT2D eigenvalue weighted by Gasteiger charge is -2.55. The van der Waals surface area contributed by atoms with Crippen molar-refractivity contribution in [3.05, 3.63) is 52.7 Å². The number of carboxylic acids is 1. The number of fused-ring (bicyclic) bond motifs is 4. The molecule has 11 nitrogen and oxygen atoms in total. The molecule has 6 heterocycles. The van der Waals surface area contributed by atoms with Crippen molar-refractivity contribution in [3.8, 4) is 0 Å². The van der Waals surface area contributed by atoms with E-state index < -0.39 is 45.9 Å². The smallest absolute Gasteiger partial charge is 0.244 e. The lowest BCUT2D eigenvalue weighted by molar-refractivity contribution is -1.08. The van der Waals surface area contributed by atoms with Crippen LogP contribution in [0.2, 0.25) is 0 Å². The molecule has 6 aliphatic heterocycles. The Hall–Kier alpha value is -2.58. The van der Waals surface area contributed by atoms with Crippen molar-refractivity contribution >= 4 is 32.7 Å². The van der Waals surface area contributed by atoms with Crippen molar-refractivity contribution in [1.82, 2.24) is 9.21 Å². The van der Waals surface area contributed by atoms with Gasteiger partial charge >= 0.3 is 0 Å². The number of quaternary nitrogens is 2. The molecule has 3 N–H and O–H groups in total. The minimum atomic E-state index is -3.97. The Morgan fingerprint density at radius 1 is 1.09 bits per heavy atom. The van der Waals surface area contributed by atoms with Gasteiger partial charge in [0.2, 0.25) is 15.9 Å². The number of hydrogen-bond acceptors (Lipinski definition) is 7. The highest BCUT2D eigenvalue weighted by atomic mass is 35.5. The highest BCUT2D eigenvalue weighted by molar-refractivity contribution is 7.89. The predicted molar refractivity (Wildman–Crippen MR) is 165 cm³/mol. The molecule has 0 saturated carbocycles. The predicted octanol–water partition coefficient (Wildman–Crippen LogP) is -3.24. The Labute approximate surface area is 276 Å². The molecule has 2 aromatic rings. The van der Waals surface area contributed by atoms with E-state index in [-0.39, 0.29) is 36.1 Å². The second kappa shape index (κ2) is 11.8. The van der Waals surface area contributed by atoms with Gasteiger partial charge in [-0.05, 0) is 41.6 Å². The van der Waals surface area contributed by atoms with Crippen molar-refractivity contribution < 1.29 is 49.6 Å². The fourth-order valence-corrected chi connectivity index (χ4v) is 10.7. The lowest BCUT2D eigenvalue weighted by Crippen LogP contribution is -3.00. The second-order valence-electron chi connectivity index (χ2n) is 14.1. The third-order valence-corrected chi connectivity index (χ3v) is 13.7. The number of carbonyl (C=O) groups is 2. The van der Waals surface area contributed by atoms with Crippen LogP contribution in [0, 0.1) is 11.8 Å². The summed E-state index contributed by atoms with van der Waals surface area (Å²) < 4.78 is 31.9. The van der Waals surface area contributed by atoms with E-state index in [4.69, 9.17) is 5.73 Å². The largest absolute Gasteiger partial charge is 1.00 e. The van der Waals surface area contributed by atoms with Crippen LogP contribution in [-0.2, 0) is 32.6 Å². The number of carbonyl (C=O) groups excluding carboxylic acids is 2. The number of hydrogen-bond donors (Lipinski definition) is 2. The summed E-state index contributed by atoms with van der Waals surface area (Å²) in [5, 5.41) is 24.1. The van der Waals surface area contributed by atoms with Crippen LogP contribution in [0.1, 0.15) is 31.4 Å². The van der Waals surface area contributed by atoms with Gasteiger partial charge in [0.25, 0.3) is 0 Å². The van der Waals surface area contributed by atoms with E-state index in [2.05, 4.69) is 0 Å². The summed E-state index contributed by atoms with van der Waals surface area (Å²) in [4.78, 5) is 26.4. The first kappa shape index (κ1) is 33.3. The highest BCUT2D eigenvalue weighted by Gasteiger charge is 2.59. The molecule has 0 aliphatic carbocycles. The third kappa shape index (κ3) is 4.99. The summed E-state index contributed by atoms with van der Waals surface area (Å²) >= 11 is 0. The van der Waals surface area contributed by atoms with Crippen LogP contribution in [-0.4, -0.2) is 121 Å². The Morgan fingerprint density at radius 3 is 2.35 bits per heavy atom. The molecule has 0 aromatic heterocycles. The van der Waals surface area contributed by atoms with E-state index in [1.807, 2.05) is 24.3 Å². The number of carboxylic acid groups (broad SMARTS) is 1. The number of halogens is 1. The molecular formula is C33H44ClN5O6S. The molecule has 4 atom stereocenters. The van der Waals surface area contributed by atoms with Gasteiger partial charge in [0, 0.05) is 37.2 Å². The number of aliphatic hydroxyl groups excluding tert-OH is 1. The SMILES string of the molecule is C[C@@H](O)[C@H]1C(=O)N2C(C(=O)[O-])=C(CN3Cc4cccc5c(CC[N+]67CC[N+](CCCN)(CC6)CC7)ccc(c45)S3(=O)=O)[C@H](C)[C@H]12.[Cl-]. The molecule has 2 bridgehead atoms. The number of sulfonamides is 1. The third-order valence-electron chi connectivity index (χ3n) is 11.8. The van der Waals surface area contributed by atoms with Crippen molar-refractivity contribution in [3.63, 3.8) is 0 Å². The van der Waals surface area contributed by atoms with E-state index in [1.54, 1.807) is 13.0 Å². The first-order valence-electron chi connectivity index (χ1n) is 16.3. The van der Waals surface area contributed by atoms with Crippen LogP contribution in [0.3, 0.4) is 0 Å². The molecule has 6 aliphatic rings. The summed E-state index contributed by atoms with van der Waals surface area (Å²) in [7, 11) is -3.97. The molecule has 250 valence electrons. The molecule has 1 amide bonds. The first-order valence-corrected chi connectivity index (χ1v) is 17.8. The standard InChI is InChI=1S/C33H44N5O6S.ClH/c1-21-26(31(33(41)42)36-30(21)28(22(2)39)32(36)40)20-35-19-24-5-3-6-25-23(7-8-27(29(24)25)45(35,43)44)9-12-38-16-13-37(14-17-38,15-18-38)11-4-10-34;/h3,5-8,21-22,28,30,39H,4,9-20,34H2,1-2H3;1H/q+1;/p-1/t21-,22+,28+,30+,37?,38?;/m0./s1. The molecule has 0 unspecified atom stereocenters. The Bertz CT molecular complexity index is 1700. The van der Waals surface area contributed by atoms with Crippen LogP contribution < -0.4 is 23.2 Å². The van der Waals surface area contributed by atoms with Crippen molar-refractivity contribution in [2.24, 2.45) is 17.6 Å². The molecule has 2 aromatic carbocycles. The zero-order valence-electron chi connectivity index (χ0n) is 26.5. The van der Waals surface area contributed by atoms with Gasteiger partial charge in [0.15, 0.2) is 0 Å². The quantitative estimate of drug-likeness (QED) is 0.199. The maximum absolute atomic E-state index is 14.1. The van der Waals surface area contributed by atoms with E-state index in [1.165, 1.54) is 66.4 Å². The number of piperazine rings is 3. The number of β-lactam (4-membered cyclic amide) rings is 1. The average Bonchev–Trinajstić information content (AvgIpc) is 3.26. The number of benzene rings is 2. The number of amides is 1. The molecule has 4 saturated heterocycles. The molecule has 0 spiro atoms. The maximum atomic E-state index is 14.1. The number of rotatable bonds is 10. The second-order valence-corrected chi connectivity index (χ2v) is 16.0. The molecule has 13 heteroatoms. The van der Waals surface area contributed by atoms with E-state index in [0.29, 0.717) is 5.57 Å². The molecule has 8 rings (SSSR count). The Balaban J connectivity index is 0.00000372. The summed E-state index contributed by atoms with van der Waals surface area (Å²) in [5.74, 6) is -3.14. The number of aliphatic carboxylic acids is 1. The van der Waals surface area contributed by atoms with Gasteiger partial charge in [-0.3, -0.25) is 4.79 Å². The Kier molecular flexibility index (Phi) is 8.57. The van der Waals surface area contributed by atoms with E-state index in [9.17, 15) is 28.2 Å². The van der Waals surface area contributed by atoms with Crippen molar-refractivity contribution in [2.45, 2.75) is 50.3 Å². The fraction of sp³-hybridized carbons (Fsp3) is 0.576. The van der Waals surface area contributed by atoms with Crippen LogP contribution in [0.4, 0.5) is 0 Å². The van der Waals surface area contributed by atoms with Gasteiger partial charge in [-0.2, -0.15) is 4.31 Å². The molecule has 4 fully saturated rings. The average molecular weight is 674 g/mol. The van der Waals surface area contributed by atoms with Gasteiger partial charge in [0.1, 0.15) is 39.3 Å². The summed E-state index contributed by atoms with van der Waals surface area (Å²) in [5.41, 5.74) is 7.92. The normalized spacial score (nSPS) is 31.9. The maximum Gasteiger partial charge on any atom is 0.244 e. The van der Waals surface area contributed by atoms with Gasteiger partial charge in [0.05, 0.1) is 47.7 Å². The van der Waals surface area contributed by atoms with Crippen molar-refractivity contribution in [1.29, 1.82) is 0 Å². The van der Waals surface area contributed by atoms with Gasteiger partial charge in [-0.1, -0.05) is 31.2 Å². The number of nitrogens with zero attached hydrogens (tertiary/aromatic N) is 4.